The molecule has 4 heterocycles. The Hall–Kier alpha value is -2.71. The van der Waals surface area contributed by atoms with Crippen LogP contribution in [-0.4, -0.2) is 65.8 Å². The van der Waals surface area contributed by atoms with Crippen LogP contribution in [-0.2, 0) is 11.3 Å². The first-order chi connectivity index (χ1) is 15.5. The fraction of sp³-hybridized carbons (Fsp3) is 0.542. The third kappa shape index (κ3) is 3.82. The minimum absolute atomic E-state index is 0.267. The summed E-state index contributed by atoms with van der Waals surface area (Å²) >= 11 is 0. The zero-order valence-electron chi connectivity index (χ0n) is 18.7. The molecule has 1 atom stereocenters. The summed E-state index contributed by atoms with van der Waals surface area (Å²) in [7, 11) is 1.59. The second kappa shape index (κ2) is 8.33. The Balaban J connectivity index is 1.19. The highest BCUT2D eigenvalue weighted by Gasteiger charge is 2.41. The molecule has 170 valence electrons. The lowest BCUT2D eigenvalue weighted by Crippen LogP contribution is -2.43. The van der Waals surface area contributed by atoms with E-state index in [2.05, 4.69) is 19.8 Å². The third-order valence-corrected chi connectivity index (χ3v) is 7.48. The fourth-order valence-electron chi connectivity index (χ4n) is 5.43. The lowest BCUT2D eigenvalue weighted by Gasteiger charge is -2.40. The van der Waals surface area contributed by atoms with Gasteiger partial charge in [0.25, 0.3) is 0 Å². The number of anilines is 1. The molecule has 1 spiro atoms. The molecule has 2 aromatic rings. The van der Waals surface area contributed by atoms with E-state index in [1.165, 1.54) is 0 Å². The van der Waals surface area contributed by atoms with Gasteiger partial charge in [-0.15, -0.1) is 0 Å². The molecule has 0 bridgehead atoms. The molecule has 8 heteroatoms. The van der Waals surface area contributed by atoms with Crippen molar-refractivity contribution in [3.05, 3.63) is 46.6 Å². The summed E-state index contributed by atoms with van der Waals surface area (Å²) in [5, 5.41) is 10.9. The van der Waals surface area contributed by atoms with Crippen LogP contribution < -0.4 is 9.64 Å². The number of aliphatic hydroxyl groups is 1. The standard InChI is InChI=1S/C24H30N4O4/c1-16-17(3-4-18-19(16)14-32-22(18)30)20(29)13-27-10-6-24(7-11-27)8-12-28(15-24)21-5-9-25-23(26-21)31-2/h3-5,9,20,29H,6-8,10-15H2,1-2H3/t20-/m0/s1. The molecule has 0 radical (unpaired) electrons. The Labute approximate surface area is 188 Å². The van der Waals surface area contributed by atoms with E-state index in [-0.39, 0.29) is 5.97 Å². The van der Waals surface area contributed by atoms with Crippen molar-refractivity contribution in [3.63, 3.8) is 0 Å². The molecular formula is C24H30N4O4. The first kappa shape index (κ1) is 21.2. The molecule has 1 aromatic carbocycles. The Bertz CT molecular complexity index is 1020. The summed E-state index contributed by atoms with van der Waals surface area (Å²) in [6, 6.07) is 6.02. The number of likely N-dealkylation sites (tertiary alicyclic amines) is 1. The van der Waals surface area contributed by atoms with Gasteiger partial charge in [0.1, 0.15) is 12.4 Å². The number of fused-ring (bicyclic) bond motifs is 1. The van der Waals surface area contributed by atoms with Gasteiger partial charge in [-0.1, -0.05) is 6.07 Å². The van der Waals surface area contributed by atoms with Crippen LogP contribution in [0.1, 0.15) is 52.4 Å². The van der Waals surface area contributed by atoms with Crippen molar-refractivity contribution in [3.8, 4) is 6.01 Å². The minimum Gasteiger partial charge on any atom is -0.467 e. The van der Waals surface area contributed by atoms with Gasteiger partial charge in [-0.25, -0.2) is 9.78 Å². The number of carbonyl (C=O) groups excluding carboxylic acids is 1. The smallest absolute Gasteiger partial charge is 0.338 e. The van der Waals surface area contributed by atoms with Crippen molar-refractivity contribution in [1.82, 2.24) is 14.9 Å². The molecule has 5 rings (SSSR count). The molecule has 8 nitrogen and oxygen atoms in total. The first-order valence-electron chi connectivity index (χ1n) is 11.3. The van der Waals surface area contributed by atoms with Crippen molar-refractivity contribution < 1.29 is 19.4 Å². The number of aliphatic hydroxyl groups excluding tert-OH is 1. The predicted octanol–water partition coefficient (Wildman–Crippen LogP) is 2.49. The van der Waals surface area contributed by atoms with Gasteiger partial charge in [0.05, 0.1) is 18.8 Å². The zero-order valence-corrected chi connectivity index (χ0v) is 18.7. The largest absolute Gasteiger partial charge is 0.467 e. The van der Waals surface area contributed by atoms with Gasteiger partial charge in [-0.3, -0.25) is 0 Å². The predicted molar refractivity (Wildman–Crippen MR) is 119 cm³/mol. The highest BCUT2D eigenvalue weighted by atomic mass is 16.5. The van der Waals surface area contributed by atoms with E-state index >= 15 is 0 Å². The van der Waals surface area contributed by atoms with Crippen LogP contribution in [0.4, 0.5) is 5.82 Å². The molecule has 0 aliphatic carbocycles. The minimum atomic E-state index is -0.571. The van der Waals surface area contributed by atoms with Crippen LogP contribution in [0.2, 0.25) is 0 Å². The van der Waals surface area contributed by atoms with Crippen LogP contribution in [0, 0.1) is 12.3 Å². The zero-order chi connectivity index (χ0) is 22.3. The molecule has 0 saturated carbocycles. The van der Waals surface area contributed by atoms with Gasteiger partial charge in [-0.2, -0.15) is 4.98 Å². The van der Waals surface area contributed by atoms with Crippen LogP contribution in [0.5, 0.6) is 6.01 Å². The number of methoxy groups -OCH3 is 1. The summed E-state index contributed by atoms with van der Waals surface area (Å²) < 4.78 is 10.3. The summed E-state index contributed by atoms with van der Waals surface area (Å²) in [6.07, 6.45) is 4.57. The second-order valence-corrected chi connectivity index (χ2v) is 9.27. The van der Waals surface area contributed by atoms with E-state index in [0.717, 1.165) is 67.9 Å². The molecule has 32 heavy (non-hydrogen) atoms. The number of β-amino-alcohol motifs (C(OH)–C–C–N with tert-alkyl or cyclic N) is 1. The summed E-state index contributed by atoms with van der Waals surface area (Å²) in [6.45, 7) is 6.84. The van der Waals surface area contributed by atoms with Gasteiger partial charge < -0.3 is 24.4 Å². The Morgan fingerprint density at radius 1 is 1.22 bits per heavy atom. The second-order valence-electron chi connectivity index (χ2n) is 9.27. The number of ether oxygens (including phenoxy) is 2. The molecule has 0 amide bonds. The lowest BCUT2D eigenvalue weighted by atomic mass is 9.77. The number of cyclic esters (lactones) is 1. The number of aromatic nitrogens is 2. The van der Waals surface area contributed by atoms with Crippen LogP contribution in [0.25, 0.3) is 0 Å². The van der Waals surface area contributed by atoms with E-state index < -0.39 is 6.10 Å². The van der Waals surface area contributed by atoms with Crippen LogP contribution in [0.15, 0.2) is 24.4 Å². The molecule has 0 unspecified atom stereocenters. The van der Waals surface area contributed by atoms with E-state index in [9.17, 15) is 9.90 Å². The Morgan fingerprint density at radius 2 is 2.00 bits per heavy atom. The number of carbonyl (C=O) groups is 1. The number of esters is 1. The van der Waals surface area contributed by atoms with Crippen molar-refractivity contribution in [2.75, 3.05) is 44.7 Å². The molecule has 2 fully saturated rings. The average Bonchev–Trinajstić information content (AvgIpc) is 3.40. The van der Waals surface area contributed by atoms with E-state index in [4.69, 9.17) is 9.47 Å². The number of hydrogen-bond donors (Lipinski definition) is 1. The van der Waals surface area contributed by atoms with E-state index in [1.54, 1.807) is 19.4 Å². The normalized spacial score (nSPS) is 21.0. The lowest BCUT2D eigenvalue weighted by molar-refractivity contribution is 0.0534. The monoisotopic (exact) mass is 438 g/mol. The SMILES string of the molecule is COc1nccc(N2CCC3(CCN(C[C@H](O)c4ccc5c(c4C)COC5=O)CC3)C2)n1. The highest BCUT2D eigenvalue weighted by molar-refractivity contribution is 5.93. The van der Waals surface area contributed by atoms with Crippen LogP contribution in [0.3, 0.4) is 0 Å². The average molecular weight is 439 g/mol. The number of rotatable bonds is 5. The Morgan fingerprint density at radius 3 is 2.78 bits per heavy atom. The van der Waals surface area contributed by atoms with E-state index in [0.29, 0.717) is 30.1 Å². The molecule has 3 aliphatic heterocycles. The molecule has 2 saturated heterocycles. The van der Waals surface area contributed by atoms with Crippen LogP contribution >= 0.6 is 0 Å². The van der Waals surface area contributed by atoms with Gasteiger partial charge in [0.2, 0.25) is 0 Å². The third-order valence-electron chi connectivity index (χ3n) is 7.48. The molecule has 3 aliphatic rings. The molecule has 1 N–H and O–H groups in total. The number of hydrogen-bond acceptors (Lipinski definition) is 8. The van der Waals surface area contributed by atoms with Gasteiger partial charge in [-0.05, 0) is 68.0 Å². The quantitative estimate of drug-likeness (QED) is 0.713. The maximum Gasteiger partial charge on any atom is 0.338 e. The Kier molecular flexibility index (Phi) is 5.51. The van der Waals surface area contributed by atoms with Gasteiger partial charge in [0.15, 0.2) is 0 Å². The van der Waals surface area contributed by atoms with E-state index in [1.807, 2.05) is 19.1 Å². The highest BCUT2D eigenvalue weighted by Crippen LogP contribution is 2.42. The number of piperidine rings is 1. The maximum atomic E-state index is 11.8. The number of nitrogens with zero attached hydrogens (tertiary/aromatic N) is 4. The van der Waals surface area contributed by atoms with Crippen molar-refractivity contribution in [1.29, 1.82) is 0 Å². The first-order valence-corrected chi connectivity index (χ1v) is 11.3. The van der Waals surface area contributed by atoms with Crippen molar-refractivity contribution in [2.24, 2.45) is 5.41 Å². The fourth-order valence-corrected chi connectivity index (χ4v) is 5.43. The molecular weight excluding hydrogens is 408 g/mol. The summed E-state index contributed by atoms with van der Waals surface area (Å²) in [5.41, 5.74) is 3.72. The van der Waals surface area contributed by atoms with Crippen molar-refractivity contribution >= 4 is 11.8 Å². The number of benzene rings is 1. The summed E-state index contributed by atoms with van der Waals surface area (Å²) in [4.78, 5) is 25.1. The summed E-state index contributed by atoms with van der Waals surface area (Å²) in [5.74, 6) is 0.664. The molecule has 1 aromatic heterocycles. The van der Waals surface area contributed by atoms with Gasteiger partial charge in [0, 0.05) is 31.4 Å². The van der Waals surface area contributed by atoms with Gasteiger partial charge >= 0.3 is 12.0 Å². The topological polar surface area (TPSA) is 88.0 Å². The maximum absolute atomic E-state index is 11.8. The van der Waals surface area contributed by atoms with Crippen molar-refractivity contribution in [2.45, 2.75) is 38.9 Å².